The lowest BCUT2D eigenvalue weighted by Crippen LogP contribution is -2.13. The number of thiophene rings is 1. The molecule has 1 aromatic rings. The molecule has 0 amide bonds. The average Bonchev–Trinajstić information content (AvgIpc) is 2.31. The van der Waals surface area contributed by atoms with Gasteiger partial charge in [0.15, 0.2) is 0 Å². The van der Waals surface area contributed by atoms with Crippen molar-refractivity contribution in [2.24, 2.45) is 0 Å². The van der Waals surface area contributed by atoms with Crippen LogP contribution in [0.15, 0.2) is 6.07 Å². The molecule has 0 aromatic carbocycles. The number of rotatable bonds is 4. The molecule has 0 aliphatic carbocycles. The van der Waals surface area contributed by atoms with Gasteiger partial charge in [-0.15, -0.1) is 11.3 Å². The second kappa shape index (κ2) is 4.63. The van der Waals surface area contributed by atoms with E-state index in [2.05, 4.69) is 32.2 Å². The van der Waals surface area contributed by atoms with Gasteiger partial charge in [0.2, 0.25) is 0 Å². The summed E-state index contributed by atoms with van der Waals surface area (Å²) in [7, 11) is 0. The zero-order valence-corrected chi connectivity index (χ0v) is 8.92. The molecule has 0 aliphatic heterocycles. The highest BCUT2D eigenvalue weighted by molar-refractivity contribution is 7.12. The highest BCUT2D eigenvalue weighted by Crippen LogP contribution is 2.19. The topological polar surface area (TPSA) is 12.0 Å². The maximum atomic E-state index is 3.41. The first kappa shape index (κ1) is 9.75. The van der Waals surface area contributed by atoms with Crippen LogP contribution in [0, 0.1) is 13.8 Å². The summed E-state index contributed by atoms with van der Waals surface area (Å²) in [6.07, 6.45) is 1.21. The Hall–Kier alpha value is -0.340. The monoisotopic (exact) mass is 183 g/mol. The summed E-state index contributed by atoms with van der Waals surface area (Å²) < 4.78 is 0. The lowest BCUT2D eigenvalue weighted by Gasteiger charge is -2.00. The molecule has 0 radical (unpaired) electrons. The van der Waals surface area contributed by atoms with Gasteiger partial charge in [-0.1, -0.05) is 6.92 Å². The zero-order chi connectivity index (χ0) is 8.97. The summed E-state index contributed by atoms with van der Waals surface area (Å²) >= 11 is 1.89. The van der Waals surface area contributed by atoms with E-state index < -0.39 is 0 Å². The second-order valence-corrected chi connectivity index (χ2v) is 4.58. The number of hydrogen-bond acceptors (Lipinski definition) is 2. The molecule has 0 aliphatic rings. The molecule has 1 heterocycles. The fourth-order valence-electron chi connectivity index (χ4n) is 1.26. The predicted octanol–water partition coefficient (Wildman–Crippen LogP) is 2.86. The van der Waals surface area contributed by atoms with Crippen LogP contribution in [-0.4, -0.2) is 6.54 Å². The van der Waals surface area contributed by atoms with Crippen molar-refractivity contribution in [1.82, 2.24) is 5.32 Å². The third-order valence-electron chi connectivity index (χ3n) is 1.89. The van der Waals surface area contributed by atoms with Crippen molar-refractivity contribution in [3.63, 3.8) is 0 Å². The van der Waals surface area contributed by atoms with E-state index in [4.69, 9.17) is 0 Å². The van der Waals surface area contributed by atoms with E-state index in [1.54, 1.807) is 0 Å². The van der Waals surface area contributed by atoms with Gasteiger partial charge < -0.3 is 5.32 Å². The van der Waals surface area contributed by atoms with Gasteiger partial charge in [-0.25, -0.2) is 0 Å². The van der Waals surface area contributed by atoms with E-state index in [1.165, 1.54) is 21.7 Å². The van der Waals surface area contributed by atoms with Crippen molar-refractivity contribution < 1.29 is 0 Å². The molecule has 0 spiro atoms. The Bertz CT molecular complexity index is 240. The van der Waals surface area contributed by atoms with Gasteiger partial charge in [0.25, 0.3) is 0 Å². The van der Waals surface area contributed by atoms with Crippen molar-refractivity contribution in [2.75, 3.05) is 6.54 Å². The molecule has 0 fully saturated rings. The van der Waals surface area contributed by atoms with E-state index in [9.17, 15) is 0 Å². The van der Waals surface area contributed by atoms with Gasteiger partial charge in [0.1, 0.15) is 0 Å². The number of aryl methyl sites for hydroxylation is 2. The molecular formula is C10H17NS. The van der Waals surface area contributed by atoms with Crippen molar-refractivity contribution in [3.8, 4) is 0 Å². The van der Waals surface area contributed by atoms with E-state index in [-0.39, 0.29) is 0 Å². The maximum absolute atomic E-state index is 3.41. The zero-order valence-electron chi connectivity index (χ0n) is 8.11. The highest BCUT2D eigenvalue weighted by Gasteiger charge is 2.00. The molecule has 1 rings (SSSR count). The third kappa shape index (κ3) is 2.61. The molecule has 0 unspecified atom stereocenters. The predicted molar refractivity (Wildman–Crippen MR) is 55.8 cm³/mol. The van der Waals surface area contributed by atoms with E-state index in [0.29, 0.717) is 0 Å². The minimum Gasteiger partial charge on any atom is -0.313 e. The van der Waals surface area contributed by atoms with E-state index in [1.807, 2.05) is 11.3 Å². The van der Waals surface area contributed by atoms with Crippen LogP contribution < -0.4 is 5.32 Å². The molecule has 0 atom stereocenters. The van der Waals surface area contributed by atoms with Gasteiger partial charge >= 0.3 is 0 Å². The van der Waals surface area contributed by atoms with Gasteiger partial charge in [0.05, 0.1) is 0 Å². The summed E-state index contributed by atoms with van der Waals surface area (Å²) in [6.45, 7) is 8.71. The lowest BCUT2D eigenvalue weighted by molar-refractivity contribution is 0.675. The Labute approximate surface area is 78.8 Å². The van der Waals surface area contributed by atoms with Gasteiger partial charge in [-0.3, -0.25) is 0 Å². The quantitative estimate of drug-likeness (QED) is 0.708. The molecule has 1 nitrogen and oxygen atoms in total. The minimum absolute atomic E-state index is 1.03. The number of hydrogen-bond donors (Lipinski definition) is 1. The van der Waals surface area contributed by atoms with E-state index in [0.717, 1.165) is 13.1 Å². The molecule has 0 saturated heterocycles. The van der Waals surface area contributed by atoms with Crippen LogP contribution in [0.25, 0.3) is 0 Å². The molecule has 0 saturated carbocycles. The Kier molecular flexibility index (Phi) is 3.76. The fourth-order valence-corrected chi connectivity index (χ4v) is 2.21. The smallest absolute Gasteiger partial charge is 0.0216 e. The molecular weight excluding hydrogens is 166 g/mol. The SMILES string of the molecule is CCCNCc1cc(C)sc1C. The van der Waals surface area contributed by atoms with Crippen LogP contribution in [0.4, 0.5) is 0 Å². The minimum atomic E-state index is 1.03. The molecule has 12 heavy (non-hydrogen) atoms. The number of nitrogens with one attached hydrogen (secondary N) is 1. The summed E-state index contributed by atoms with van der Waals surface area (Å²) in [5, 5.41) is 3.41. The first-order chi connectivity index (χ1) is 5.74. The normalized spacial score (nSPS) is 10.6. The summed E-state index contributed by atoms with van der Waals surface area (Å²) in [6, 6.07) is 2.28. The van der Waals surface area contributed by atoms with Gasteiger partial charge in [-0.05, 0) is 38.4 Å². The van der Waals surface area contributed by atoms with Crippen LogP contribution in [0.1, 0.15) is 28.7 Å². The summed E-state index contributed by atoms with van der Waals surface area (Å²) in [5.74, 6) is 0. The van der Waals surface area contributed by atoms with Crippen molar-refractivity contribution in [3.05, 3.63) is 21.4 Å². The van der Waals surface area contributed by atoms with Gasteiger partial charge in [-0.2, -0.15) is 0 Å². The Morgan fingerprint density at radius 2 is 2.17 bits per heavy atom. The Morgan fingerprint density at radius 3 is 2.67 bits per heavy atom. The van der Waals surface area contributed by atoms with Crippen molar-refractivity contribution in [1.29, 1.82) is 0 Å². The van der Waals surface area contributed by atoms with Crippen LogP contribution in [0.5, 0.6) is 0 Å². The summed E-state index contributed by atoms with van der Waals surface area (Å²) in [4.78, 5) is 2.87. The molecule has 0 bridgehead atoms. The molecule has 1 N–H and O–H groups in total. The van der Waals surface area contributed by atoms with Crippen LogP contribution >= 0.6 is 11.3 Å². The Balaban J connectivity index is 2.45. The van der Waals surface area contributed by atoms with Crippen LogP contribution in [0.3, 0.4) is 0 Å². The summed E-state index contributed by atoms with van der Waals surface area (Å²) in [5.41, 5.74) is 1.46. The first-order valence-electron chi connectivity index (χ1n) is 4.50. The van der Waals surface area contributed by atoms with Crippen LogP contribution in [-0.2, 0) is 6.54 Å². The lowest BCUT2D eigenvalue weighted by atomic mass is 10.2. The average molecular weight is 183 g/mol. The molecule has 1 aromatic heterocycles. The van der Waals surface area contributed by atoms with Crippen molar-refractivity contribution >= 4 is 11.3 Å². The molecule has 68 valence electrons. The van der Waals surface area contributed by atoms with Gasteiger partial charge in [0, 0.05) is 16.3 Å². The largest absolute Gasteiger partial charge is 0.313 e. The first-order valence-corrected chi connectivity index (χ1v) is 5.32. The third-order valence-corrected chi connectivity index (χ3v) is 2.89. The van der Waals surface area contributed by atoms with E-state index >= 15 is 0 Å². The second-order valence-electron chi connectivity index (χ2n) is 3.12. The highest BCUT2D eigenvalue weighted by atomic mass is 32.1. The Morgan fingerprint density at radius 1 is 1.42 bits per heavy atom. The fraction of sp³-hybridized carbons (Fsp3) is 0.600. The molecule has 2 heteroatoms. The van der Waals surface area contributed by atoms with Crippen LogP contribution in [0.2, 0.25) is 0 Å². The van der Waals surface area contributed by atoms with Crippen molar-refractivity contribution in [2.45, 2.75) is 33.7 Å². The maximum Gasteiger partial charge on any atom is 0.0216 e. The standard InChI is InChI=1S/C10H17NS/c1-4-5-11-7-10-6-8(2)12-9(10)3/h6,11H,4-5,7H2,1-3H3.